The minimum Gasteiger partial charge on any atom is -0.809 e. The van der Waals surface area contributed by atoms with Crippen LogP contribution in [0.3, 0.4) is 0 Å². The molecule has 6 N–H and O–H groups in total. The van der Waals surface area contributed by atoms with Gasteiger partial charge >= 0.3 is 136 Å². The number of rotatable bonds is 9. The van der Waals surface area contributed by atoms with Crippen LogP contribution in [0.2, 0.25) is 0 Å². The van der Waals surface area contributed by atoms with Gasteiger partial charge in [0.1, 0.15) is 5.52 Å². The molecule has 1 atom stereocenters. The largest absolute Gasteiger partial charge is 2.00 e. The molecule has 0 saturated carbocycles. The van der Waals surface area contributed by atoms with E-state index in [1.807, 2.05) is 0 Å². The molecule has 0 saturated heterocycles. The average molecular weight is 653 g/mol. The Hall–Kier alpha value is 4.64. The van der Waals surface area contributed by atoms with Gasteiger partial charge in [0.2, 0.25) is 5.52 Å². The second kappa shape index (κ2) is 14.1. The van der Waals surface area contributed by atoms with Crippen molar-refractivity contribution in [1.82, 2.24) is 4.90 Å². The maximum Gasteiger partial charge on any atom is 2.00 e. The fraction of sp³-hybridized carbons (Fsp3) is 1.00. The molecular weight excluding hydrogens is 644 g/mol. The van der Waals surface area contributed by atoms with E-state index in [4.69, 9.17) is 29.4 Å². The van der Waals surface area contributed by atoms with Crippen LogP contribution in [0.1, 0.15) is 0 Å². The van der Waals surface area contributed by atoms with Gasteiger partial charge in [0.15, 0.2) is 0 Å². The van der Waals surface area contributed by atoms with Crippen LogP contribution in [0.25, 0.3) is 0 Å². The summed E-state index contributed by atoms with van der Waals surface area (Å²) in [4.78, 5) is 119. The third-order valence-corrected chi connectivity index (χ3v) is 12.9. The summed E-state index contributed by atoms with van der Waals surface area (Å²) in [5.41, 5.74) is -13.7. The molecule has 0 aliphatic heterocycles. The molecule has 0 radical (unpaired) electrons. The van der Waals surface area contributed by atoms with E-state index in [9.17, 15) is 56.8 Å². The first-order valence-corrected chi connectivity index (χ1v) is 15.6. The van der Waals surface area contributed by atoms with E-state index in [1.165, 1.54) is 0 Å². The summed E-state index contributed by atoms with van der Waals surface area (Å²) >= 11 is 0. The Morgan fingerprint density at radius 1 is 0.452 bits per heavy atom. The first kappa shape index (κ1) is 42.7. The number of nitrogens with zero attached hydrogens (tertiary/aromatic N) is 1. The van der Waals surface area contributed by atoms with Gasteiger partial charge in [-0.1, -0.05) is 0 Å². The van der Waals surface area contributed by atoms with Crippen LogP contribution in [0, 0.1) is 0 Å². The SMILES string of the molecule is O=P([O-])([O-])C(N(C(P(=O)([O-])[O-])P(=O)(O)O)C(P(=O)(O)O)P(=O)(O)O)P(=O)([O-])[O-].[Ca+2].[Ca+2].[Ca+2]. The van der Waals surface area contributed by atoms with Gasteiger partial charge in [-0.15, -0.1) is 0 Å². The first-order chi connectivity index (χ1) is 11.7. The quantitative estimate of drug-likeness (QED) is 0.0993. The average Bonchev–Trinajstić information content (AvgIpc) is 2.13. The third-order valence-electron chi connectivity index (χ3n) is 2.55. The topological polar surface area (TPSA) is 365 Å². The van der Waals surface area contributed by atoms with Gasteiger partial charge in [0.25, 0.3) is 0 Å². The van der Waals surface area contributed by atoms with Crippen molar-refractivity contribution in [1.29, 1.82) is 0 Å². The molecule has 0 amide bonds. The molecule has 0 rings (SSSR count). The van der Waals surface area contributed by atoms with Crippen LogP contribution in [0.5, 0.6) is 0 Å². The van der Waals surface area contributed by atoms with Crippen molar-refractivity contribution in [2.45, 2.75) is 16.6 Å². The summed E-state index contributed by atoms with van der Waals surface area (Å²) in [6.45, 7) is 0. The summed E-state index contributed by atoms with van der Waals surface area (Å²) in [6, 6.07) is 0. The zero-order valence-corrected chi connectivity index (χ0v) is 26.6. The van der Waals surface area contributed by atoms with E-state index in [-0.39, 0.29) is 113 Å². The van der Waals surface area contributed by atoms with Crippen LogP contribution in [0.4, 0.5) is 0 Å². The second-order valence-corrected chi connectivity index (χ2v) is 15.8. The van der Waals surface area contributed by atoms with Crippen molar-refractivity contribution in [2.75, 3.05) is 0 Å². The van der Waals surface area contributed by atoms with Crippen LogP contribution in [-0.2, 0) is 27.4 Å². The summed E-state index contributed by atoms with van der Waals surface area (Å²) in [7, 11) is -41.8. The Labute approximate surface area is 262 Å². The molecule has 28 heteroatoms. The van der Waals surface area contributed by atoms with Crippen LogP contribution >= 0.6 is 45.6 Å². The fourth-order valence-electron chi connectivity index (χ4n) is 1.92. The molecule has 0 fully saturated rings. The normalized spacial score (nSPS) is 15.2. The van der Waals surface area contributed by atoms with E-state index >= 15 is 0 Å². The molecule has 31 heavy (non-hydrogen) atoms. The van der Waals surface area contributed by atoms with Gasteiger partial charge in [-0.2, -0.15) is 0 Å². The molecule has 0 aliphatic rings. The summed E-state index contributed by atoms with van der Waals surface area (Å²) in [5.74, 6) is 0. The molecule has 1 unspecified atom stereocenters. The van der Waals surface area contributed by atoms with Gasteiger partial charge in [0, 0.05) is 0 Å². The van der Waals surface area contributed by atoms with Gasteiger partial charge in [0.05, 0.1) is 5.52 Å². The van der Waals surface area contributed by atoms with Gasteiger partial charge in [-0.05, 0) is 22.8 Å². The first-order valence-electron chi connectivity index (χ1n) is 5.71. The van der Waals surface area contributed by atoms with Crippen molar-refractivity contribution < 1.29 is 86.1 Å². The Bertz CT molecular complexity index is 690. The minimum absolute atomic E-state index is 0. The molecule has 170 valence electrons. The van der Waals surface area contributed by atoms with E-state index in [0.717, 1.165) is 0 Å². The maximum atomic E-state index is 11.4. The van der Waals surface area contributed by atoms with Crippen molar-refractivity contribution in [2.24, 2.45) is 0 Å². The van der Waals surface area contributed by atoms with Crippen molar-refractivity contribution in [3.05, 3.63) is 0 Å². The molecule has 19 nitrogen and oxygen atoms in total. The monoisotopic (exact) mass is 653 g/mol. The predicted octanol–water partition coefficient (Wildman–Crippen LogP) is -7.73. The molecule has 0 aromatic carbocycles. The molecule has 0 aromatic heterocycles. The van der Waals surface area contributed by atoms with Crippen molar-refractivity contribution in [3.8, 4) is 0 Å². The Morgan fingerprint density at radius 2 is 0.645 bits per heavy atom. The van der Waals surface area contributed by atoms with Crippen LogP contribution in [-0.4, -0.2) is 164 Å². The van der Waals surface area contributed by atoms with Gasteiger partial charge in [-0.25, -0.2) is 4.90 Å². The number of hydrogen-bond acceptors (Lipinski definition) is 13. The molecule has 0 bridgehead atoms. The minimum atomic E-state index is -7.23. The zero-order chi connectivity index (χ0) is 23.3. The molecule has 0 heterocycles. The van der Waals surface area contributed by atoms with Gasteiger partial charge in [-0.3, -0.25) is 13.7 Å². The summed E-state index contributed by atoms with van der Waals surface area (Å²) in [6.07, 6.45) is 0. The van der Waals surface area contributed by atoms with E-state index < -0.39 is 67.0 Å². The molecular formula is C3H9Ca3NO18P6. The van der Waals surface area contributed by atoms with Crippen LogP contribution < -0.4 is 29.4 Å². The molecule has 0 aliphatic carbocycles. The Morgan fingerprint density at radius 3 is 0.774 bits per heavy atom. The molecule has 0 aromatic rings. The van der Waals surface area contributed by atoms with Crippen molar-refractivity contribution >= 4 is 159 Å². The maximum absolute atomic E-state index is 11.4. The fourth-order valence-corrected chi connectivity index (χ4v) is 11.2. The van der Waals surface area contributed by atoms with E-state index in [0.29, 0.717) is 0 Å². The second-order valence-electron chi connectivity index (χ2n) is 4.87. The summed E-state index contributed by atoms with van der Waals surface area (Å²) in [5, 5.41) is 0. The summed E-state index contributed by atoms with van der Waals surface area (Å²) < 4.78 is 67.5. The van der Waals surface area contributed by atoms with Gasteiger partial charge < -0.3 is 72.4 Å². The zero-order valence-electron chi connectivity index (χ0n) is 14.6. The van der Waals surface area contributed by atoms with Crippen molar-refractivity contribution in [3.63, 3.8) is 0 Å². The Balaban J connectivity index is -0.00000121. The number of hydrogen-bond donors (Lipinski definition) is 6. The van der Waals surface area contributed by atoms with Crippen LogP contribution in [0.15, 0.2) is 0 Å². The van der Waals surface area contributed by atoms with E-state index in [1.54, 1.807) is 0 Å². The Kier molecular flexibility index (Phi) is 19.5. The molecule has 0 spiro atoms. The predicted molar refractivity (Wildman–Crippen MR) is 89.4 cm³/mol. The third kappa shape index (κ3) is 13.3. The van der Waals surface area contributed by atoms with E-state index in [2.05, 4.69) is 0 Å². The standard InChI is InChI=1S/C3H15NO18P6.3Ca/c5-23(6,7)1(24(8,9)10)4(2(25(11,12)13)26(14,15)16)3(27(17,18)19)28(20,21)22;;;/h1-3H,(H2,5,6,7)(H2,8,9,10)(H2,11,12,13)(H2,14,15,16)(H2,17,18,19)(H2,20,21,22);;;/q;3*+2/p-6. The smallest absolute Gasteiger partial charge is 0.809 e.